The molecule has 3 amide bonds. The summed E-state index contributed by atoms with van der Waals surface area (Å²) in [7, 11) is 0. The zero-order valence-corrected chi connectivity index (χ0v) is 20.3. The highest BCUT2D eigenvalue weighted by Crippen LogP contribution is 2.25. The summed E-state index contributed by atoms with van der Waals surface area (Å²) < 4.78 is 0. The molecule has 2 saturated heterocycles. The zero-order chi connectivity index (χ0) is 24.1. The van der Waals surface area contributed by atoms with E-state index in [2.05, 4.69) is 5.32 Å². The smallest absolute Gasteiger partial charge is 0.253 e. The van der Waals surface area contributed by atoms with Crippen molar-refractivity contribution in [1.82, 2.24) is 15.1 Å². The first-order chi connectivity index (χ1) is 16.4. The summed E-state index contributed by atoms with van der Waals surface area (Å²) in [5.41, 5.74) is 3.31. The summed E-state index contributed by atoms with van der Waals surface area (Å²) in [5.74, 6) is -0.151. The van der Waals surface area contributed by atoms with Gasteiger partial charge in [0.25, 0.3) is 11.8 Å². The second-order valence-electron chi connectivity index (χ2n) is 9.65. The van der Waals surface area contributed by atoms with E-state index >= 15 is 0 Å². The summed E-state index contributed by atoms with van der Waals surface area (Å²) in [6.45, 7) is 6.58. The molecule has 6 nitrogen and oxygen atoms in total. The van der Waals surface area contributed by atoms with Crippen molar-refractivity contribution in [2.24, 2.45) is 5.92 Å². The number of rotatable bonds is 5. The molecule has 0 bridgehead atoms. The predicted molar refractivity (Wildman–Crippen MR) is 133 cm³/mol. The molecule has 0 saturated carbocycles. The van der Waals surface area contributed by atoms with Gasteiger partial charge in [-0.1, -0.05) is 35.9 Å². The van der Waals surface area contributed by atoms with Crippen molar-refractivity contribution in [3.8, 4) is 0 Å². The van der Waals surface area contributed by atoms with Crippen LogP contribution in [-0.2, 0) is 4.79 Å². The van der Waals surface area contributed by atoms with E-state index in [9.17, 15) is 14.4 Å². The Balaban J connectivity index is 1.47. The summed E-state index contributed by atoms with van der Waals surface area (Å²) in [6.07, 6.45) is 4.54. The fourth-order valence-corrected chi connectivity index (χ4v) is 5.05. The van der Waals surface area contributed by atoms with Crippen LogP contribution >= 0.6 is 0 Å². The number of benzene rings is 2. The van der Waals surface area contributed by atoms with Crippen molar-refractivity contribution < 1.29 is 14.4 Å². The molecule has 2 aliphatic rings. The minimum absolute atomic E-state index is 0.00413. The van der Waals surface area contributed by atoms with Crippen LogP contribution in [-0.4, -0.2) is 59.7 Å². The molecule has 34 heavy (non-hydrogen) atoms. The highest BCUT2D eigenvalue weighted by molar-refractivity contribution is 5.99. The van der Waals surface area contributed by atoms with E-state index in [4.69, 9.17) is 0 Å². The minimum Gasteiger partial charge on any atom is -0.341 e. The second kappa shape index (κ2) is 10.9. The molecule has 0 spiro atoms. The van der Waals surface area contributed by atoms with E-state index in [1.807, 2.05) is 66.1 Å². The molecule has 6 heteroatoms. The molecule has 0 aromatic heterocycles. The van der Waals surface area contributed by atoms with E-state index in [1.54, 1.807) is 6.07 Å². The Morgan fingerprint density at radius 2 is 1.47 bits per heavy atom. The van der Waals surface area contributed by atoms with Crippen molar-refractivity contribution in [3.05, 3.63) is 70.8 Å². The third-order valence-corrected chi connectivity index (χ3v) is 7.21. The summed E-state index contributed by atoms with van der Waals surface area (Å²) >= 11 is 0. The van der Waals surface area contributed by atoms with Gasteiger partial charge in [0, 0.05) is 37.3 Å². The lowest BCUT2D eigenvalue weighted by molar-refractivity contribution is -0.136. The molecule has 2 aliphatic heterocycles. The first-order valence-electron chi connectivity index (χ1n) is 12.5. The molecular weight excluding hydrogens is 426 g/mol. The van der Waals surface area contributed by atoms with Gasteiger partial charge >= 0.3 is 0 Å². The molecule has 4 rings (SSSR count). The standard InChI is InChI=1S/C28H35N3O3/c1-20-10-12-23(13-11-20)27(33)31-18-14-22(15-19-31)25(28(34)30-16-6-3-7-17-30)29-26(32)24-9-5-4-8-21(24)2/h4-5,8-13,22,25H,3,6-7,14-19H2,1-2H3,(H,29,32). The average molecular weight is 462 g/mol. The summed E-state index contributed by atoms with van der Waals surface area (Å²) in [5, 5.41) is 3.09. The van der Waals surface area contributed by atoms with Crippen LogP contribution in [0, 0.1) is 19.8 Å². The zero-order valence-electron chi connectivity index (χ0n) is 20.3. The maximum absolute atomic E-state index is 13.5. The maximum Gasteiger partial charge on any atom is 0.253 e. The molecule has 2 aromatic rings. The first-order valence-corrected chi connectivity index (χ1v) is 12.5. The Bertz CT molecular complexity index is 1020. The number of likely N-dealkylation sites (tertiary alicyclic amines) is 2. The number of hydrogen-bond donors (Lipinski definition) is 1. The fraction of sp³-hybridized carbons (Fsp3) is 0.464. The number of nitrogens with zero attached hydrogens (tertiary/aromatic N) is 2. The quantitative estimate of drug-likeness (QED) is 0.733. The van der Waals surface area contributed by atoms with Gasteiger partial charge in [0.1, 0.15) is 6.04 Å². The highest BCUT2D eigenvalue weighted by atomic mass is 16.2. The van der Waals surface area contributed by atoms with Crippen molar-refractivity contribution in [1.29, 1.82) is 0 Å². The SMILES string of the molecule is Cc1ccc(C(=O)N2CCC(C(NC(=O)c3ccccc3C)C(=O)N3CCCCC3)CC2)cc1. The van der Waals surface area contributed by atoms with Crippen LogP contribution in [0.3, 0.4) is 0 Å². The number of hydrogen-bond acceptors (Lipinski definition) is 3. The normalized spacial score (nSPS) is 17.8. The summed E-state index contributed by atoms with van der Waals surface area (Å²) in [4.78, 5) is 43.4. The van der Waals surface area contributed by atoms with Crippen LogP contribution in [0.2, 0.25) is 0 Å². The van der Waals surface area contributed by atoms with Crippen molar-refractivity contribution in [2.45, 2.75) is 52.0 Å². The van der Waals surface area contributed by atoms with Crippen LogP contribution < -0.4 is 5.32 Å². The Morgan fingerprint density at radius 1 is 0.824 bits per heavy atom. The number of carbonyl (C=O) groups is 3. The van der Waals surface area contributed by atoms with Gasteiger partial charge < -0.3 is 15.1 Å². The Hall–Kier alpha value is -3.15. The lowest BCUT2D eigenvalue weighted by atomic mass is 9.87. The molecule has 2 aromatic carbocycles. The lowest BCUT2D eigenvalue weighted by Crippen LogP contribution is -2.55. The van der Waals surface area contributed by atoms with E-state index in [0.717, 1.165) is 43.5 Å². The molecule has 180 valence electrons. The monoisotopic (exact) mass is 461 g/mol. The van der Waals surface area contributed by atoms with Gasteiger partial charge in [0.05, 0.1) is 0 Å². The van der Waals surface area contributed by atoms with Gasteiger partial charge in [-0.3, -0.25) is 14.4 Å². The van der Waals surface area contributed by atoms with Crippen LogP contribution in [0.5, 0.6) is 0 Å². The van der Waals surface area contributed by atoms with Gasteiger partial charge in [0.15, 0.2) is 0 Å². The number of nitrogens with one attached hydrogen (secondary N) is 1. The third kappa shape index (κ3) is 5.49. The van der Waals surface area contributed by atoms with Gasteiger partial charge in [-0.25, -0.2) is 0 Å². The molecule has 1 atom stereocenters. The van der Waals surface area contributed by atoms with Gasteiger partial charge in [-0.15, -0.1) is 0 Å². The number of piperidine rings is 2. The van der Waals surface area contributed by atoms with Crippen LogP contribution in [0.25, 0.3) is 0 Å². The number of carbonyl (C=O) groups excluding carboxylic acids is 3. The second-order valence-corrected chi connectivity index (χ2v) is 9.65. The van der Waals surface area contributed by atoms with Crippen LogP contribution in [0.4, 0.5) is 0 Å². The van der Waals surface area contributed by atoms with Gasteiger partial charge in [0.2, 0.25) is 5.91 Å². The third-order valence-electron chi connectivity index (χ3n) is 7.21. The number of aryl methyl sites for hydroxylation is 2. The number of amides is 3. The van der Waals surface area contributed by atoms with Crippen LogP contribution in [0.1, 0.15) is 63.9 Å². The lowest BCUT2D eigenvalue weighted by Gasteiger charge is -2.38. The molecular formula is C28H35N3O3. The Labute approximate surface area is 202 Å². The highest BCUT2D eigenvalue weighted by Gasteiger charge is 2.36. The largest absolute Gasteiger partial charge is 0.341 e. The maximum atomic E-state index is 13.5. The minimum atomic E-state index is -0.568. The van der Waals surface area contributed by atoms with Crippen LogP contribution in [0.15, 0.2) is 48.5 Å². The van der Waals surface area contributed by atoms with Crippen molar-refractivity contribution in [2.75, 3.05) is 26.2 Å². The predicted octanol–water partition coefficient (Wildman–Crippen LogP) is 3.97. The van der Waals surface area contributed by atoms with Crippen molar-refractivity contribution in [3.63, 3.8) is 0 Å². The van der Waals surface area contributed by atoms with E-state index in [-0.39, 0.29) is 23.6 Å². The Kier molecular flexibility index (Phi) is 7.66. The van der Waals surface area contributed by atoms with E-state index in [1.165, 1.54) is 0 Å². The molecule has 1 unspecified atom stereocenters. The average Bonchev–Trinajstić information content (AvgIpc) is 2.88. The topological polar surface area (TPSA) is 69.7 Å². The summed E-state index contributed by atoms with van der Waals surface area (Å²) in [6, 6.07) is 14.5. The van der Waals surface area contributed by atoms with Gasteiger partial charge in [-0.2, -0.15) is 0 Å². The molecule has 1 N–H and O–H groups in total. The van der Waals surface area contributed by atoms with E-state index in [0.29, 0.717) is 37.1 Å². The van der Waals surface area contributed by atoms with Gasteiger partial charge in [-0.05, 0) is 75.6 Å². The molecule has 0 aliphatic carbocycles. The van der Waals surface area contributed by atoms with E-state index < -0.39 is 6.04 Å². The fourth-order valence-electron chi connectivity index (χ4n) is 5.05. The first kappa shape index (κ1) is 24.0. The molecule has 2 heterocycles. The molecule has 0 radical (unpaired) electrons. The molecule has 2 fully saturated rings. The Morgan fingerprint density at radius 3 is 2.12 bits per heavy atom. The van der Waals surface area contributed by atoms with Crippen molar-refractivity contribution >= 4 is 17.7 Å².